The van der Waals surface area contributed by atoms with Gasteiger partial charge >= 0.3 is 0 Å². The van der Waals surface area contributed by atoms with E-state index in [-0.39, 0.29) is 5.78 Å². The van der Waals surface area contributed by atoms with E-state index in [1.165, 1.54) is 21.3 Å². The highest BCUT2D eigenvalue weighted by atomic mass is 16.5. The topological polar surface area (TPSA) is 60.6 Å². The lowest BCUT2D eigenvalue weighted by Gasteiger charge is -2.13. The molecular formula is C19H19NO4. The first-order valence-corrected chi connectivity index (χ1v) is 7.55. The van der Waals surface area contributed by atoms with E-state index in [1.807, 2.05) is 30.5 Å². The fraction of sp³-hybridized carbons (Fsp3) is 0.211. The maximum atomic E-state index is 12.7. The van der Waals surface area contributed by atoms with E-state index in [4.69, 9.17) is 14.2 Å². The van der Waals surface area contributed by atoms with Crippen molar-refractivity contribution < 1.29 is 19.0 Å². The van der Waals surface area contributed by atoms with Crippen LogP contribution in [0.2, 0.25) is 0 Å². The quantitative estimate of drug-likeness (QED) is 0.703. The van der Waals surface area contributed by atoms with Gasteiger partial charge in [-0.15, -0.1) is 0 Å². The number of hydrogen-bond acceptors (Lipinski definition) is 4. The van der Waals surface area contributed by atoms with Crippen molar-refractivity contribution in [1.82, 2.24) is 4.98 Å². The van der Waals surface area contributed by atoms with Gasteiger partial charge in [-0.25, -0.2) is 0 Å². The number of hydrogen-bond donors (Lipinski definition) is 1. The Kier molecular flexibility index (Phi) is 4.42. The minimum absolute atomic E-state index is 0.0101. The second-order valence-electron chi connectivity index (χ2n) is 5.41. The second-order valence-corrected chi connectivity index (χ2v) is 5.41. The molecule has 124 valence electrons. The Labute approximate surface area is 140 Å². The molecule has 5 nitrogen and oxygen atoms in total. The number of fused-ring (bicyclic) bond motifs is 1. The van der Waals surface area contributed by atoms with Crippen LogP contribution < -0.4 is 14.2 Å². The number of methoxy groups -OCH3 is 3. The van der Waals surface area contributed by atoms with Gasteiger partial charge in [0.2, 0.25) is 5.75 Å². The number of aromatic amines is 1. The number of ether oxygens (including phenoxy) is 3. The predicted molar refractivity (Wildman–Crippen MR) is 92.4 cm³/mol. The summed E-state index contributed by atoms with van der Waals surface area (Å²) in [7, 11) is 4.60. The van der Waals surface area contributed by atoms with E-state index in [1.54, 1.807) is 12.1 Å². The molecule has 0 aliphatic rings. The van der Waals surface area contributed by atoms with Crippen molar-refractivity contribution in [2.45, 2.75) is 6.42 Å². The number of ketones is 1. The first-order chi connectivity index (χ1) is 11.7. The van der Waals surface area contributed by atoms with Gasteiger partial charge in [-0.3, -0.25) is 4.79 Å². The van der Waals surface area contributed by atoms with Crippen molar-refractivity contribution in [3.63, 3.8) is 0 Å². The van der Waals surface area contributed by atoms with E-state index in [0.717, 1.165) is 16.5 Å². The van der Waals surface area contributed by atoms with Crippen LogP contribution in [0.1, 0.15) is 15.9 Å². The minimum Gasteiger partial charge on any atom is -0.493 e. The Morgan fingerprint density at radius 1 is 0.958 bits per heavy atom. The smallest absolute Gasteiger partial charge is 0.203 e. The van der Waals surface area contributed by atoms with E-state index < -0.39 is 0 Å². The van der Waals surface area contributed by atoms with E-state index in [0.29, 0.717) is 29.2 Å². The Balaban J connectivity index is 1.91. The molecule has 2 aromatic carbocycles. The average Bonchev–Trinajstić information content (AvgIpc) is 3.07. The first kappa shape index (κ1) is 15.9. The van der Waals surface area contributed by atoms with Gasteiger partial charge in [0.15, 0.2) is 17.3 Å². The Bertz CT molecular complexity index is 857. The highest BCUT2D eigenvalue weighted by Crippen LogP contribution is 2.38. The summed E-state index contributed by atoms with van der Waals surface area (Å²) in [4.78, 5) is 15.8. The molecule has 0 bridgehead atoms. The van der Waals surface area contributed by atoms with Crippen LogP contribution in [0.15, 0.2) is 42.6 Å². The average molecular weight is 325 g/mol. The molecule has 5 heteroatoms. The van der Waals surface area contributed by atoms with Gasteiger partial charge < -0.3 is 19.2 Å². The standard InChI is InChI=1S/C19H19NO4/c1-22-17-10-14(11-18(23-2)19(17)24-3)16(21)9-12-4-5-15-13(8-12)6-7-20-15/h4-8,10-11,20H,9H2,1-3H3. The summed E-state index contributed by atoms with van der Waals surface area (Å²) in [6, 6.07) is 11.3. The molecule has 3 aromatic rings. The van der Waals surface area contributed by atoms with Crippen LogP contribution in [0, 0.1) is 0 Å². The molecule has 0 radical (unpaired) electrons. The molecule has 0 spiro atoms. The van der Waals surface area contributed by atoms with Crippen LogP contribution in [0.4, 0.5) is 0 Å². The zero-order chi connectivity index (χ0) is 17.1. The Morgan fingerprint density at radius 2 is 1.67 bits per heavy atom. The van der Waals surface area contributed by atoms with E-state index in [2.05, 4.69) is 4.98 Å². The van der Waals surface area contributed by atoms with Gasteiger partial charge in [0.25, 0.3) is 0 Å². The summed E-state index contributed by atoms with van der Waals surface area (Å²) in [6.45, 7) is 0. The second kappa shape index (κ2) is 6.66. The lowest BCUT2D eigenvalue weighted by atomic mass is 10.0. The van der Waals surface area contributed by atoms with Gasteiger partial charge in [-0.2, -0.15) is 0 Å². The molecule has 0 saturated carbocycles. The third kappa shape index (κ3) is 2.93. The number of rotatable bonds is 6. The predicted octanol–water partition coefficient (Wildman–Crippen LogP) is 3.62. The summed E-state index contributed by atoms with van der Waals surface area (Å²) in [6.07, 6.45) is 2.19. The van der Waals surface area contributed by atoms with E-state index in [9.17, 15) is 4.79 Å². The molecule has 1 N–H and O–H groups in total. The molecule has 0 fully saturated rings. The number of H-pyrrole nitrogens is 1. The van der Waals surface area contributed by atoms with Crippen LogP contribution >= 0.6 is 0 Å². The lowest BCUT2D eigenvalue weighted by Crippen LogP contribution is -2.05. The van der Waals surface area contributed by atoms with Crippen LogP contribution in [-0.4, -0.2) is 32.1 Å². The van der Waals surface area contributed by atoms with Crippen molar-refractivity contribution in [1.29, 1.82) is 0 Å². The van der Waals surface area contributed by atoms with Crippen molar-refractivity contribution >= 4 is 16.7 Å². The molecule has 0 aliphatic heterocycles. The fourth-order valence-electron chi connectivity index (χ4n) is 2.74. The van der Waals surface area contributed by atoms with Gasteiger partial charge in [0, 0.05) is 23.7 Å². The molecule has 0 atom stereocenters. The zero-order valence-electron chi connectivity index (χ0n) is 13.9. The summed E-state index contributed by atoms with van der Waals surface area (Å²) in [5, 5.41) is 1.09. The number of carbonyl (C=O) groups is 1. The van der Waals surface area contributed by atoms with Gasteiger partial charge in [-0.05, 0) is 41.3 Å². The van der Waals surface area contributed by atoms with Crippen LogP contribution in [0.3, 0.4) is 0 Å². The molecule has 1 heterocycles. The van der Waals surface area contributed by atoms with E-state index >= 15 is 0 Å². The molecule has 0 aliphatic carbocycles. The number of benzene rings is 2. The maximum Gasteiger partial charge on any atom is 0.203 e. The van der Waals surface area contributed by atoms with Crippen LogP contribution in [-0.2, 0) is 6.42 Å². The lowest BCUT2D eigenvalue weighted by molar-refractivity contribution is 0.0992. The summed E-state index contributed by atoms with van der Waals surface area (Å²) < 4.78 is 15.9. The number of aromatic nitrogens is 1. The fourth-order valence-corrected chi connectivity index (χ4v) is 2.74. The molecule has 0 unspecified atom stereocenters. The third-order valence-electron chi connectivity index (χ3n) is 3.97. The highest BCUT2D eigenvalue weighted by Gasteiger charge is 2.17. The van der Waals surface area contributed by atoms with Crippen molar-refractivity contribution in [2.75, 3.05) is 21.3 Å². The molecule has 1 aromatic heterocycles. The monoisotopic (exact) mass is 325 g/mol. The molecule has 3 rings (SSSR count). The highest BCUT2D eigenvalue weighted by molar-refractivity contribution is 5.99. The number of Topliss-reactive ketones (excluding diaryl/α,β-unsaturated/α-hetero) is 1. The number of carbonyl (C=O) groups excluding carboxylic acids is 1. The Hall–Kier alpha value is -2.95. The van der Waals surface area contributed by atoms with Crippen molar-refractivity contribution in [3.8, 4) is 17.2 Å². The largest absolute Gasteiger partial charge is 0.493 e. The molecule has 0 saturated heterocycles. The molecular weight excluding hydrogens is 306 g/mol. The summed E-state index contributed by atoms with van der Waals surface area (Å²) in [5.41, 5.74) is 2.54. The van der Waals surface area contributed by atoms with Gasteiger partial charge in [-0.1, -0.05) is 6.07 Å². The molecule has 0 amide bonds. The minimum atomic E-state index is -0.0101. The molecule has 24 heavy (non-hydrogen) atoms. The SMILES string of the molecule is COc1cc(C(=O)Cc2ccc3[nH]ccc3c2)cc(OC)c1OC. The van der Waals surface area contributed by atoms with Crippen LogP contribution in [0.25, 0.3) is 10.9 Å². The van der Waals surface area contributed by atoms with Crippen molar-refractivity contribution in [2.24, 2.45) is 0 Å². The summed E-state index contributed by atoms with van der Waals surface area (Å²) in [5.74, 6) is 1.41. The van der Waals surface area contributed by atoms with Gasteiger partial charge in [0.05, 0.1) is 21.3 Å². The first-order valence-electron chi connectivity index (χ1n) is 7.55. The van der Waals surface area contributed by atoms with Crippen molar-refractivity contribution in [3.05, 3.63) is 53.7 Å². The normalized spacial score (nSPS) is 10.6. The van der Waals surface area contributed by atoms with Crippen LogP contribution in [0.5, 0.6) is 17.2 Å². The Morgan fingerprint density at radius 3 is 2.29 bits per heavy atom. The maximum absolute atomic E-state index is 12.7. The zero-order valence-corrected chi connectivity index (χ0v) is 13.9. The third-order valence-corrected chi connectivity index (χ3v) is 3.97. The number of nitrogens with one attached hydrogen (secondary N) is 1. The van der Waals surface area contributed by atoms with Gasteiger partial charge in [0.1, 0.15) is 0 Å². The summed E-state index contributed by atoms with van der Waals surface area (Å²) >= 11 is 0.